The SMILES string of the molecule is CCCCS(=O)(=O)NC(=O)c1cn(Cc2ccc(OCC)cc2Cl)c(C)n1. The molecule has 1 aromatic heterocycles. The van der Waals surface area contributed by atoms with E-state index in [1.165, 1.54) is 6.20 Å². The molecule has 0 bridgehead atoms. The van der Waals surface area contributed by atoms with Gasteiger partial charge in [0.1, 0.15) is 17.3 Å². The highest BCUT2D eigenvalue weighted by molar-refractivity contribution is 7.90. The van der Waals surface area contributed by atoms with Crippen molar-refractivity contribution in [3.8, 4) is 5.75 Å². The van der Waals surface area contributed by atoms with Crippen LogP contribution in [0.15, 0.2) is 24.4 Å². The van der Waals surface area contributed by atoms with Crippen LogP contribution >= 0.6 is 11.6 Å². The van der Waals surface area contributed by atoms with Crippen molar-refractivity contribution in [2.45, 2.75) is 40.2 Å². The van der Waals surface area contributed by atoms with Crippen molar-refractivity contribution in [1.29, 1.82) is 0 Å². The second-order valence-corrected chi connectivity index (χ2v) is 8.34. The molecule has 27 heavy (non-hydrogen) atoms. The van der Waals surface area contributed by atoms with Gasteiger partial charge in [0.05, 0.1) is 18.9 Å². The highest BCUT2D eigenvalue weighted by Gasteiger charge is 2.19. The lowest BCUT2D eigenvalue weighted by atomic mass is 10.2. The first-order chi connectivity index (χ1) is 12.8. The first-order valence-corrected chi connectivity index (χ1v) is 10.8. The monoisotopic (exact) mass is 413 g/mol. The molecule has 0 unspecified atom stereocenters. The minimum atomic E-state index is -3.65. The molecule has 148 valence electrons. The Labute approximate surface area is 164 Å². The van der Waals surface area contributed by atoms with Crippen LogP contribution in [0.2, 0.25) is 5.02 Å². The summed E-state index contributed by atoms with van der Waals surface area (Å²) < 4.78 is 33.0. The summed E-state index contributed by atoms with van der Waals surface area (Å²) in [6, 6.07) is 5.41. The topological polar surface area (TPSA) is 90.3 Å². The van der Waals surface area contributed by atoms with E-state index in [4.69, 9.17) is 16.3 Å². The molecule has 0 aliphatic rings. The largest absolute Gasteiger partial charge is 0.494 e. The van der Waals surface area contributed by atoms with Crippen LogP contribution in [0.25, 0.3) is 0 Å². The summed E-state index contributed by atoms with van der Waals surface area (Å²) in [5, 5.41) is 0.544. The number of carbonyl (C=O) groups is 1. The average Bonchev–Trinajstić information content (AvgIpc) is 2.96. The number of ether oxygens (including phenoxy) is 1. The number of carbonyl (C=O) groups excluding carboxylic acids is 1. The summed E-state index contributed by atoms with van der Waals surface area (Å²) in [7, 11) is -3.65. The van der Waals surface area contributed by atoms with Crippen molar-refractivity contribution in [3.63, 3.8) is 0 Å². The van der Waals surface area contributed by atoms with E-state index in [9.17, 15) is 13.2 Å². The summed E-state index contributed by atoms with van der Waals surface area (Å²) in [6.45, 7) is 6.47. The Morgan fingerprint density at radius 2 is 2.07 bits per heavy atom. The van der Waals surface area contributed by atoms with E-state index >= 15 is 0 Å². The van der Waals surface area contributed by atoms with E-state index in [-0.39, 0.29) is 11.4 Å². The van der Waals surface area contributed by atoms with Gasteiger partial charge >= 0.3 is 0 Å². The summed E-state index contributed by atoms with van der Waals surface area (Å²) in [4.78, 5) is 16.4. The molecule has 0 aliphatic carbocycles. The van der Waals surface area contributed by atoms with Gasteiger partial charge < -0.3 is 9.30 Å². The van der Waals surface area contributed by atoms with Crippen LogP contribution in [0.1, 0.15) is 48.6 Å². The Morgan fingerprint density at radius 1 is 1.33 bits per heavy atom. The van der Waals surface area contributed by atoms with Crippen molar-refractivity contribution in [1.82, 2.24) is 14.3 Å². The minimum absolute atomic E-state index is 0.0506. The number of aryl methyl sites for hydroxylation is 1. The molecule has 0 radical (unpaired) electrons. The highest BCUT2D eigenvalue weighted by Crippen LogP contribution is 2.24. The standard InChI is InChI=1S/C18H24ClN3O4S/c1-4-6-9-27(24,25)21-18(23)17-12-22(13(3)20-17)11-14-7-8-15(26-5-2)10-16(14)19/h7-8,10,12H,4-6,9,11H2,1-3H3,(H,21,23). The number of unbranched alkanes of at least 4 members (excludes halogenated alkanes) is 1. The molecule has 2 aromatic rings. The third-order valence-corrected chi connectivity index (χ3v) is 5.57. The molecule has 0 saturated heterocycles. The number of nitrogens with zero attached hydrogens (tertiary/aromatic N) is 2. The van der Waals surface area contributed by atoms with Crippen molar-refractivity contribution < 1.29 is 17.9 Å². The Morgan fingerprint density at radius 3 is 2.70 bits per heavy atom. The number of amides is 1. The molecule has 1 aromatic carbocycles. The molecule has 7 nitrogen and oxygen atoms in total. The summed E-state index contributed by atoms with van der Waals surface area (Å²) in [5.41, 5.74) is 0.887. The van der Waals surface area contributed by atoms with Crippen LogP contribution in [-0.2, 0) is 16.6 Å². The normalized spacial score (nSPS) is 11.4. The molecule has 9 heteroatoms. The van der Waals surface area contributed by atoms with Gasteiger partial charge in [-0.25, -0.2) is 18.1 Å². The van der Waals surface area contributed by atoms with Gasteiger partial charge in [-0.2, -0.15) is 0 Å². The number of nitrogens with one attached hydrogen (secondary N) is 1. The van der Waals surface area contributed by atoms with E-state index in [1.54, 1.807) is 17.6 Å². The molecule has 0 fully saturated rings. The lowest BCUT2D eigenvalue weighted by Gasteiger charge is -2.09. The fraction of sp³-hybridized carbons (Fsp3) is 0.444. The third-order valence-electron chi connectivity index (χ3n) is 3.90. The van der Waals surface area contributed by atoms with Gasteiger partial charge in [0, 0.05) is 11.2 Å². The predicted octanol–water partition coefficient (Wildman–Crippen LogP) is 3.15. The van der Waals surface area contributed by atoms with Crippen LogP contribution < -0.4 is 9.46 Å². The maximum atomic E-state index is 12.2. The molecule has 1 heterocycles. The predicted molar refractivity (Wildman–Crippen MR) is 105 cm³/mol. The zero-order valence-corrected chi connectivity index (χ0v) is 17.2. The van der Waals surface area contributed by atoms with Gasteiger partial charge in [-0.1, -0.05) is 31.0 Å². The fourth-order valence-corrected chi connectivity index (χ4v) is 3.84. The van der Waals surface area contributed by atoms with E-state index < -0.39 is 15.9 Å². The first-order valence-electron chi connectivity index (χ1n) is 8.75. The molecular weight excluding hydrogens is 390 g/mol. The van der Waals surface area contributed by atoms with Gasteiger partial charge in [0.25, 0.3) is 5.91 Å². The van der Waals surface area contributed by atoms with Gasteiger partial charge in [0.15, 0.2) is 0 Å². The minimum Gasteiger partial charge on any atom is -0.494 e. The zero-order valence-electron chi connectivity index (χ0n) is 15.7. The molecule has 0 atom stereocenters. The van der Waals surface area contributed by atoms with E-state index in [0.717, 1.165) is 12.0 Å². The molecular formula is C18H24ClN3O4S. The van der Waals surface area contributed by atoms with Crippen molar-refractivity contribution in [3.05, 3.63) is 46.5 Å². The van der Waals surface area contributed by atoms with E-state index in [1.807, 2.05) is 26.0 Å². The maximum Gasteiger partial charge on any atom is 0.284 e. The second kappa shape index (κ2) is 9.23. The number of hydrogen-bond acceptors (Lipinski definition) is 5. The Bertz CT molecular complexity index is 909. The Hall–Kier alpha value is -2.06. The van der Waals surface area contributed by atoms with Gasteiger partial charge in [-0.05, 0) is 38.0 Å². The van der Waals surface area contributed by atoms with Crippen LogP contribution in [0.5, 0.6) is 5.75 Å². The molecule has 2 rings (SSSR count). The number of halogens is 1. The number of sulfonamides is 1. The average molecular weight is 414 g/mol. The number of aromatic nitrogens is 2. The summed E-state index contributed by atoms with van der Waals surface area (Å²) >= 11 is 6.30. The quantitative estimate of drug-likeness (QED) is 0.681. The molecule has 0 saturated carbocycles. The second-order valence-electron chi connectivity index (χ2n) is 6.09. The Balaban J connectivity index is 2.13. The van der Waals surface area contributed by atoms with Gasteiger partial charge in [0.2, 0.25) is 10.0 Å². The molecule has 1 amide bonds. The Kier molecular flexibility index (Phi) is 7.26. The third kappa shape index (κ3) is 5.97. The molecule has 0 spiro atoms. The zero-order chi connectivity index (χ0) is 20.0. The maximum absolute atomic E-state index is 12.2. The number of benzene rings is 1. The number of rotatable bonds is 9. The fourth-order valence-electron chi connectivity index (χ4n) is 2.45. The highest BCUT2D eigenvalue weighted by atomic mass is 35.5. The first kappa shape index (κ1) is 21.2. The lowest BCUT2D eigenvalue weighted by molar-refractivity contribution is 0.0977. The van der Waals surface area contributed by atoms with Crippen LogP contribution in [0, 0.1) is 6.92 Å². The molecule has 1 N–H and O–H groups in total. The van der Waals surface area contributed by atoms with Crippen molar-refractivity contribution >= 4 is 27.5 Å². The number of hydrogen-bond donors (Lipinski definition) is 1. The van der Waals surface area contributed by atoms with Crippen LogP contribution in [0.4, 0.5) is 0 Å². The van der Waals surface area contributed by atoms with Gasteiger partial charge in [-0.15, -0.1) is 0 Å². The number of imidazole rings is 1. The van der Waals surface area contributed by atoms with Crippen LogP contribution in [0.3, 0.4) is 0 Å². The van der Waals surface area contributed by atoms with Crippen molar-refractivity contribution in [2.75, 3.05) is 12.4 Å². The van der Waals surface area contributed by atoms with Crippen LogP contribution in [-0.4, -0.2) is 36.2 Å². The van der Waals surface area contributed by atoms with E-state index in [2.05, 4.69) is 9.71 Å². The van der Waals surface area contributed by atoms with E-state index in [0.29, 0.717) is 36.2 Å². The lowest BCUT2D eigenvalue weighted by Crippen LogP contribution is -2.32. The summed E-state index contributed by atoms with van der Waals surface area (Å²) in [6.07, 6.45) is 2.74. The molecule has 0 aliphatic heterocycles. The summed E-state index contributed by atoms with van der Waals surface area (Å²) in [5.74, 6) is 0.448. The van der Waals surface area contributed by atoms with Gasteiger partial charge in [-0.3, -0.25) is 4.79 Å². The smallest absolute Gasteiger partial charge is 0.284 e. The van der Waals surface area contributed by atoms with Crippen molar-refractivity contribution in [2.24, 2.45) is 0 Å².